The second-order valence-electron chi connectivity index (χ2n) is 9.00. The molecule has 25 heavy (non-hydrogen) atoms. The lowest BCUT2D eigenvalue weighted by molar-refractivity contribution is -0.132. The minimum absolute atomic E-state index is 0.0500. The Morgan fingerprint density at radius 3 is 2.76 bits per heavy atom. The molecule has 0 aromatic carbocycles. The molecule has 0 aliphatic heterocycles. The first kappa shape index (κ1) is 17.1. The van der Waals surface area contributed by atoms with Crippen molar-refractivity contribution in [2.75, 3.05) is 6.61 Å². The highest BCUT2D eigenvalue weighted by atomic mass is 19.1. The molecule has 4 rings (SSSR count). The second kappa shape index (κ2) is 5.60. The Balaban J connectivity index is 1.70. The summed E-state index contributed by atoms with van der Waals surface area (Å²) in [5, 5.41) is 9.34. The van der Waals surface area contributed by atoms with Crippen LogP contribution in [0.3, 0.4) is 0 Å². The number of fused-ring (bicyclic) bond motifs is 5. The van der Waals surface area contributed by atoms with Crippen molar-refractivity contribution in [1.82, 2.24) is 0 Å². The molecule has 136 valence electrons. The predicted molar refractivity (Wildman–Crippen MR) is 92.5 cm³/mol. The molecule has 1 N–H and O–H groups in total. The van der Waals surface area contributed by atoms with E-state index in [9.17, 15) is 14.7 Å². The van der Waals surface area contributed by atoms with Crippen LogP contribution < -0.4 is 0 Å². The van der Waals surface area contributed by atoms with Gasteiger partial charge in [0.15, 0.2) is 11.6 Å². The van der Waals surface area contributed by atoms with Gasteiger partial charge < -0.3 is 5.11 Å². The molecule has 4 heteroatoms. The Hall–Kier alpha value is -1.29. The molecule has 0 radical (unpaired) electrons. The highest BCUT2D eigenvalue weighted by Gasteiger charge is 2.61. The minimum Gasteiger partial charge on any atom is -0.389 e. The molecule has 0 saturated heterocycles. The van der Waals surface area contributed by atoms with Crippen molar-refractivity contribution in [2.45, 2.75) is 52.1 Å². The van der Waals surface area contributed by atoms with E-state index in [1.807, 2.05) is 6.08 Å². The third-order valence-electron chi connectivity index (χ3n) is 8.08. The van der Waals surface area contributed by atoms with Crippen molar-refractivity contribution < 1.29 is 19.1 Å². The van der Waals surface area contributed by atoms with E-state index < -0.39 is 6.17 Å². The summed E-state index contributed by atoms with van der Waals surface area (Å²) in [4.78, 5) is 24.0. The fraction of sp³-hybridized carbons (Fsp3) is 0.714. The molecule has 7 atom stereocenters. The van der Waals surface area contributed by atoms with Gasteiger partial charge in [-0.2, -0.15) is 0 Å². The zero-order valence-electron chi connectivity index (χ0n) is 15.0. The Kier molecular flexibility index (Phi) is 3.84. The van der Waals surface area contributed by atoms with Crippen molar-refractivity contribution in [3.8, 4) is 0 Å². The van der Waals surface area contributed by atoms with Crippen LogP contribution in [0.15, 0.2) is 23.8 Å². The van der Waals surface area contributed by atoms with Crippen molar-refractivity contribution in [3.63, 3.8) is 0 Å². The standard InChI is InChI=1S/C21H27FO3/c1-20-8-6-15-13(14(20)3-4-16(20)19(25)11-23)10-18(22)17-9-12(24)5-7-21(15,17)2/h5,7,9,13-16,18,23H,3-4,6,8,10-11H2,1-2H3. The van der Waals surface area contributed by atoms with Gasteiger partial charge in [0.1, 0.15) is 12.8 Å². The van der Waals surface area contributed by atoms with E-state index in [1.54, 1.807) is 6.08 Å². The molecule has 3 nitrogen and oxygen atoms in total. The first-order chi connectivity index (χ1) is 11.8. The summed E-state index contributed by atoms with van der Waals surface area (Å²) in [7, 11) is 0. The Morgan fingerprint density at radius 1 is 1.28 bits per heavy atom. The van der Waals surface area contributed by atoms with Crippen LogP contribution in [-0.4, -0.2) is 29.5 Å². The Morgan fingerprint density at radius 2 is 2.04 bits per heavy atom. The molecule has 4 aliphatic rings. The smallest absolute Gasteiger partial charge is 0.178 e. The molecule has 7 unspecified atom stereocenters. The van der Waals surface area contributed by atoms with Crippen molar-refractivity contribution in [3.05, 3.63) is 23.8 Å². The molecule has 0 amide bonds. The van der Waals surface area contributed by atoms with E-state index in [2.05, 4.69) is 13.8 Å². The number of ketones is 2. The maximum absolute atomic E-state index is 15.1. The topological polar surface area (TPSA) is 54.4 Å². The molecule has 0 spiro atoms. The van der Waals surface area contributed by atoms with Gasteiger partial charge in [-0.1, -0.05) is 19.9 Å². The van der Waals surface area contributed by atoms with Crippen LogP contribution in [0.4, 0.5) is 4.39 Å². The Labute approximate surface area is 148 Å². The zero-order valence-corrected chi connectivity index (χ0v) is 15.0. The summed E-state index contributed by atoms with van der Waals surface area (Å²) in [6, 6.07) is 0. The summed E-state index contributed by atoms with van der Waals surface area (Å²) >= 11 is 0. The number of carbonyl (C=O) groups excluding carboxylic acids is 2. The van der Waals surface area contributed by atoms with Gasteiger partial charge in [-0.25, -0.2) is 4.39 Å². The molecule has 0 aromatic rings. The first-order valence-electron chi connectivity index (χ1n) is 9.54. The summed E-state index contributed by atoms with van der Waals surface area (Å²) < 4.78 is 15.1. The molecule has 0 aromatic heterocycles. The SMILES string of the molecule is CC12C=CC(=O)C=C1C(F)CC1C2CCC2(C)C(C(=O)CO)CCC12. The van der Waals surface area contributed by atoms with E-state index in [4.69, 9.17) is 0 Å². The van der Waals surface area contributed by atoms with E-state index in [0.29, 0.717) is 23.8 Å². The van der Waals surface area contributed by atoms with Gasteiger partial charge >= 0.3 is 0 Å². The van der Waals surface area contributed by atoms with Gasteiger partial charge in [0.25, 0.3) is 0 Å². The van der Waals surface area contributed by atoms with Crippen LogP contribution in [0.5, 0.6) is 0 Å². The maximum atomic E-state index is 15.1. The van der Waals surface area contributed by atoms with Crippen LogP contribution >= 0.6 is 0 Å². The highest BCUT2D eigenvalue weighted by Crippen LogP contribution is 2.66. The van der Waals surface area contributed by atoms with Gasteiger partial charge in [-0.3, -0.25) is 9.59 Å². The average molecular weight is 346 g/mol. The molecule has 0 heterocycles. The number of alkyl halides is 1. The number of aliphatic hydroxyl groups is 1. The van der Waals surface area contributed by atoms with Gasteiger partial charge in [-0.05, 0) is 73.0 Å². The minimum atomic E-state index is -1.07. The quantitative estimate of drug-likeness (QED) is 0.833. The van der Waals surface area contributed by atoms with Crippen molar-refractivity contribution >= 4 is 11.6 Å². The van der Waals surface area contributed by atoms with Crippen LogP contribution in [0, 0.1) is 34.5 Å². The van der Waals surface area contributed by atoms with Crippen LogP contribution in [-0.2, 0) is 9.59 Å². The van der Waals surface area contributed by atoms with Gasteiger partial charge in [0.05, 0.1) is 0 Å². The maximum Gasteiger partial charge on any atom is 0.178 e. The van der Waals surface area contributed by atoms with Crippen molar-refractivity contribution in [1.29, 1.82) is 0 Å². The lowest BCUT2D eigenvalue weighted by atomic mass is 9.47. The first-order valence-corrected chi connectivity index (χ1v) is 9.54. The fourth-order valence-corrected chi connectivity index (χ4v) is 6.84. The number of rotatable bonds is 2. The number of aliphatic hydroxyl groups excluding tert-OH is 1. The lowest BCUT2D eigenvalue weighted by Crippen LogP contribution is -2.52. The third kappa shape index (κ3) is 2.26. The fourth-order valence-electron chi connectivity index (χ4n) is 6.84. The lowest BCUT2D eigenvalue weighted by Gasteiger charge is -2.57. The Bertz CT molecular complexity index is 681. The van der Waals surface area contributed by atoms with Crippen LogP contribution in [0.1, 0.15) is 46.0 Å². The monoisotopic (exact) mass is 346 g/mol. The predicted octanol–water partition coefficient (Wildman–Crippen LogP) is 3.42. The van der Waals surface area contributed by atoms with Crippen molar-refractivity contribution in [2.24, 2.45) is 34.5 Å². The van der Waals surface area contributed by atoms with Gasteiger partial charge in [0.2, 0.25) is 0 Å². The van der Waals surface area contributed by atoms with Gasteiger partial charge in [0, 0.05) is 11.3 Å². The van der Waals surface area contributed by atoms with E-state index >= 15 is 4.39 Å². The summed E-state index contributed by atoms with van der Waals surface area (Å²) in [6.07, 6.45) is 8.08. The highest BCUT2D eigenvalue weighted by molar-refractivity contribution is 6.01. The molecular formula is C21H27FO3. The molecule has 4 aliphatic carbocycles. The van der Waals surface area contributed by atoms with E-state index in [0.717, 1.165) is 25.7 Å². The zero-order chi connectivity index (χ0) is 18.0. The molecular weight excluding hydrogens is 319 g/mol. The number of Topliss-reactive ketones (excluding diaryl/α,β-unsaturated/α-hetero) is 1. The van der Waals surface area contributed by atoms with Crippen LogP contribution in [0.2, 0.25) is 0 Å². The van der Waals surface area contributed by atoms with E-state index in [-0.39, 0.29) is 40.8 Å². The summed E-state index contributed by atoms with van der Waals surface area (Å²) in [5.41, 5.74) is 0.161. The largest absolute Gasteiger partial charge is 0.389 e. The number of hydrogen-bond donors (Lipinski definition) is 1. The average Bonchev–Trinajstić information content (AvgIpc) is 2.93. The number of allylic oxidation sites excluding steroid dienone is 4. The van der Waals surface area contributed by atoms with Gasteiger partial charge in [-0.15, -0.1) is 0 Å². The third-order valence-corrected chi connectivity index (χ3v) is 8.08. The normalized spacial score (nSPS) is 48.4. The number of carbonyl (C=O) groups is 2. The summed E-state index contributed by atoms with van der Waals surface area (Å²) in [5.74, 6) is 0.653. The second-order valence-corrected chi connectivity index (χ2v) is 9.00. The molecule has 3 saturated carbocycles. The van der Waals surface area contributed by atoms with E-state index in [1.165, 1.54) is 6.08 Å². The summed E-state index contributed by atoms with van der Waals surface area (Å²) in [6.45, 7) is 3.88. The number of halogens is 1. The molecule has 0 bridgehead atoms. The van der Waals surface area contributed by atoms with Crippen LogP contribution in [0.25, 0.3) is 0 Å². The molecule has 3 fully saturated rings. The number of hydrogen-bond acceptors (Lipinski definition) is 3.